The second kappa shape index (κ2) is 5.09. The maximum absolute atomic E-state index is 13.3. The third kappa shape index (κ3) is 2.91. The van der Waals surface area contributed by atoms with Gasteiger partial charge in [0.25, 0.3) is 0 Å². The van der Waals surface area contributed by atoms with Crippen LogP contribution in [0.25, 0.3) is 0 Å². The Morgan fingerprint density at radius 1 is 1.67 bits per heavy atom. The Hall–Kier alpha value is -1.13. The molecule has 1 aromatic carbocycles. The number of hydrogen-bond donors (Lipinski definition) is 1. The lowest BCUT2D eigenvalue weighted by Gasteiger charge is -2.10. The average molecular weight is 232 g/mol. The monoisotopic (exact) mass is 231 g/mol. The molecule has 3 nitrogen and oxygen atoms in total. The summed E-state index contributed by atoms with van der Waals surface area (Å²) >= 11 is 5.77. The molecule has 82 valence electrons. The van der Waals surface area contributed by atoms with Gasteiger partial charge in [-0.25, -0.2) is 4.39 Å². The lowest BCUT2D eigenvalue weighted by molar-refractivity contribution is -0.142. The van der Waals surface area contributed by atoms with Gasteiger partial charge in [-0.05, 0) is 12.1 Å². The smallest absolute Gasteiger partial charge is 0.322 e. The van der Waals surface area contributed by atoms with Crippen molar-refractivity contribution < 1.29 is 13.9 Å². The van der Waals surface area contributed by atoms with E-state index in [1.165, 1.54) is 19.2 Å². The van der Waals surface area contributed by atoms with Crippen LogP contribution in [0.2, 0.25) is 5.02 Å². The predicted octanol–water partition coefficient (Wildman–Crippen LogP) is 1.52. The molecule has 5 heteroatoms. The highest BCUT2D eigenvalue weighted by Crippen LogP contribution is 2.20. The van der Waals surface area contributed by atoms with Crippen LogP contribution in [0.5, 0.6) is 0 Å². The highest BCUT2D eigenvalue weighted by Gasteiger charge is 2.18. The van der Waals surface area contributed by atoms with Crippen molar-refractivity contribution in [3.8, 4) is 0 Å². The van der Waals surface area contributed by atoms with Crippen LogP contribution in [0.15, 0.2) is 18.2 Å². The Labute approximate surface area is 92.0 Å². The van der Waals surface area contributed by atoms with E-state index in [9.17, 15) is 9.18 Å². The van der Waals surface area contributed by atoms with Crippen molar-refractivity contribution in [3.05, 3.63) is 34.6 Å². The van der Waals surface area contributed by atoms with Crippen LogP contribution in [0.4, 0.5) is 4.39 Å². The van der Waals surface area contributed by atoms with Crippen LogP contribution >= 0.6 is 11.6 Å². The van der Waals surface area contributed by atoms with Crippen LogP contribution in [0.1, 0.15) is 5.56 Å². The number of benzene rings is 1. The SMILES string of the molecule is COC(=O)C(N)Cc1c(F)cccc1Cl. The molecule has 0 amide bonds. The molecule has 15 heavy (non-hydrogen) atoms. The molecule has 0 heterocycles. The zero-order valence-corrected chi connectivity index (χ0v) is 8.92. The maximum atomic E-state index is 13.3. The molecular weight excluding hydrogens is 221 g/mol. The molecule has 0 bridgehead atoms. The van der Waals surface area contributed by atoms with Crippen molar-refractivity contribution in [1.82, 2.24) is 0 Å². The molecular formula is C10H11ClFNO2. The van der Waals surface area contributed by atoms with Gasteiger partial charge in [0.1, 0.15) is 11.9 Å². The first-order valence-corrected chi connectivity index (χ1v) is 4.70. The molecule has 1 rings (SSSR count). The Kier molecular flexibility index (Phi) is 4.05. The molecule has 0 fully saturated rings. The van der Waals surface area contributed by atoms with E-state index in [4.69, 9.17) is 17.3 Å². The summed E-state index contributed by atoms with van der Waals surface area (Å²) in [7, 11) is 1.23. The summed E-state index contributed by atoms with van der Waals surface area (Å²) in [6.45, 7) is 0. The van der Waals surface area contributed by atoms with Crippen molar-refractivity contribution in [2.45, 2.75) is 12.5 Å². The first-order valence-electron chi connectivity index (χ1n) is 4.32. The van der Waals surface area contributed by atoms with E-state index >= 15 is 0 Å². The number of esters is 1. The van der Waals surface area contributed by atoms with Crippen LogP contribution in [0, 0.1) is 5.82 Å². The highest BCUT2D eigenvalue weighted by molar-refractivity contribution is 6.31. The number of methoxy groups -OCH3 is 1. The largest absolute Gasteiger partial charge is 0.468 e. The van der Waals surface area contributed by atoms with Gasteiger partial charge in [0.2, 0.25) is 0 Å². The second-order valence-corrected chi connectivity index (χ2v) is 3.44. The molecule has 0 aliphatic heterocycles. The molecule has 1 atom stereocenters. The predicted molar refractivity (Wildman–Crippen MR) is 55.1 cm³/mol. The van der Waals surface area contributed by atoms with Gasteiger partial charge in [-0.1, -0.05) is 17.7 Å². The fraction of sp³-hybridized carbons (Fsp3) is 0.300. The van der Waals surface area contributed by atoms with Crippen molar-refractivity contribution in [2.75, 3.05) is 7.11 Å². The molecule has 1 unspecified atom stereocenters. The zero-order valence-electron chi connectivity index (χ0n) is 8.17. The van der Waals surface area contributed by atoms with Crippen LogP contribution < -0.4 is 5.73 Å². The quantitative estimate of drug-likeness (QED) is 0.803. The highest BCUT2D eigenvalue weighted by atomic mass is 35.5. The summed E-state index contributed by atoms with van der Waals surface area (Å²) < 4.78 is 17.7. The summed E-state index contributed by atoms with van der Waals surface area (Å²) in [6, 6.07) is 3.41. The normalized spacial score (nSPS) is 12.3. The van der Waals surface area contributed by atoms with E-state index in [-0.39, 0.29) is 17.0 Å². The van der Waals surface area contributed by atoms with E-state index in [1.807, 2.05) is 0 Å². The van der Waals surface area contributed by atoms with Crippen LogP contribution in [0.3, 0.4) is 0 Å². The number of carbonyl (C=O) groups is 1. The lowest BCUT2D eigenvalue weighted by atomic mass is 10.1. The Balaban J connectivity index is 2.85. The number of ether oxygens (including phenoxy) is 1. The third-order valence-corrected chi connectivity index (χ3v) is 2.34. The van der Waals surface area contributed by atoms with Gasteiger partial charge in [-0.15, -0.1) is 0 Å². The molecule has 2 N–H and O–H groups in total. The molecule has 0 saturated heterocycles. The zero-order chi connectivity index (χ0) is 11.4. The van der Waals surface area contributed by atoms with Gasteiger partial charge in [-0.2, -0.15) is 0 Å². The topological polar surface area (TPSA) is 52.3 Å². The Morgan fingerprint density at radius 3 is 2.87 bits per heavy atom. The van der Waals surface area contributed by atoms with Crippen molar-refractivity contribution in [1.29, 1.82) is 0 Å². The standard InChI is InChI=1S/C10H11ClFNO2/c1-15-10(14)9(13)5-6-7(11)3-2-4-8(6)12/h2-4,9H,5,13H2,1H3. The first-order chi connectivity index (χ1) is 7.06. The van der Waals surface area contributed by atoms with E-state index < -0.39 is 17.8 Å². The average Bonchev–Trinajstić information content (AvgIpc) is 2.22. The minimum atomic E-state index is -0.899. The van der Waals surface area contributed by atoms with Crippen LogP contribution in [-0.4, -0.2) is 19.1 Å². The van der Waals surface area contributed by atoms with Crippen molar-refractivity contribution in [2.24, 2.45) is 5.73 Å². The summed E-state index contributed by atoms with van der Waals surface area (Å²) in [6.07, 6.45) is 0.0260. The lowest BCUT2D eigenvalue weighted by Crippen LogP contribution is -2.34. The van der Waals surface area contributed by atoms with Gasteiger partial charge in [0.15, 0.2) is 0 Å². The van der Waals surface area contributed by atoms with E-state index in [1.54, 1.807) is 6.07 Å². The summed E-state index contributed by atoms with van der Waals surface area (Å²) in [5.74, 6) is -1.06. The first kappa shape index (κ1) is 11.9. The van der Waals surface area contributed by atoms with Gasteiger partial charge in [0, 0.05) is 17.0 Å². The third-order valence-electron chi connectivity index (χ3n) is 1.99. The van der Waals surface area contributed by atoms with Crippen LogP contribution in [-0.2, 0) is 16.0 Å². The molecule has 0 spiro atoms. The van der Waals surface area contributed by atoms with E-state index in [0.717, 1.165) is 0 Å². The number of carbonyl (C=O) groups excluding carboxylic acids is 1. The molecule has 0 saturated carbocycles. The summed E-state index contributed by atoms with van der Waals surface area (Å²) in [4.78, 5) is 11.0. The number of rotatable bonds is 3. The Bertz CT molecular complexity index is 350. The molecule has 1 aromatic rings. The number of nitrogens with two attached hydrogens (primary N) is 1. The van der Waals surface area contributed by atoms with Gasteiger partial charge in [0.05, 0.1) is 7.11 Å². The maximum Gasteiger partial charge on any atom is 0.322 e. The van der Waals surface area contributed by atoms with Crippen molar-refractivity contribution >= 4 is 17.6 Å². The fourth-order valence-corrected chi connectivity index (χ4v) is 1.42. The minimum absolute atomic E-state index is 0.0260. The molecule has 0 aliphatic carbocycles. The van der Waals surface area contributed by atoms with Gasteiger partial charge in [-0.3, -0.25) is 4.79 Å². The summed E-state index contributed by atoms with van der Waals surface area (Å²) in [5.41, 5.74) is 5.73. The minimum Gasteiger partial charge on any atom is -0.468 e. The van der Waals surface area contributed by atoms with Gasteiger partial charge < -0.3 is 10.5 Å². The van der Waals surface area contributed by atoms with Crippen molar-refractivity contribution in [3.63, 3.8) is 0 Å². The Morgan fingerprint density at radius 2 is 2.33 bits per heavy atom. The van der Waals surface area contributed by atoms with E-state index in [0.29, 0.717) is 0 Å². The molecule has 0 radical (unpaired) electrons. The number of hydrogen-bond acceptors (Lipinski definition) is 3. The summed E-state index contributed by atoms with van der Waals surface area (Å²) in [5, 5.41) is 0.259. The second-order valence-electron chi connectivity index (χ2n) is 3.03. The van der Waals surface area contributed by atoms with E-state index in [2.05, 4.69) is 4.74 Å². The molecule has 0 aliphatic rings. The molecule has 0 aromatic heterocycles. The number of halogens is 2. The van der Waals surface area contributed by atoms with Gasteiger partial charge >= 0.3 is 5.97 Å². The fourth-order valence-electron chi connectivity index (χ4n) is 1.18.